The Morgan fingerprint density at radius 3 is 2.35 bits per heavy atom. The van der Waals surface area contributed by atoms with Gasteiger partial charge in [0.15, 0.2) is 0 Å². The summed E-state index contributed by atoms with van der Waals surface area (Å²) in [7, 11) is 0.296. The summed E-state index contributed by atoms with van der Waals surface area (Å²) in [4.78, 5) is 58.3. The monoisotopic (exact) mass is 915 g/mol. The number of carbonyl (C=O) groups excluding carboxylic acids is 4. The molecule has 15 atom stereocenters. The highest BCUT2D eigenvalue weighted by Crippen LogP contribution is 2.38. The van der Waals surface area contributed by atoms with Crippen LogP contribution in [0.1, 0.15) is 130 Å². The van der Waals surface area contributed by atoms with Gasteiger partial charge in [-0.1, -0.05) is 77.7 Å². The zero-order valence-electron chi connectivity index (χ0n) is 43.4. The third-order valence-corrected chi connectivity index (χ3v) is 14.6. The maximum atomic E-state index is 14.4. The van der Waals surface area contributed by atoms with Crippen LogP contribution in [0.5, 0.6) is 0 Å². The summed E-state index contributed by atoms with van der Waals surface area (Å²) < 4.78 is 52.9. The normalized spacial score (nSPS) is 40.0. The van der Waals surface area contributed by atoms with Crippen LogP contribution in [0.15, 0.2) is 59.8 Å². The van der Waals surface area contributed by atoms with Crippen LogP contribution in [0.4, 0.5) is 0 Å². The van der Waals surface area contributed by atoms with Crippen molar-refractivity contribution in [2.24, 2.45) is 35.5 Å². The smallest absolute Gasteiger partial charge is 0.329 e. The van der Waals surface area contributed by atoms with Crippen molar-refractivity contribution in [2.75, 3.05) is 27.8 Å². The lowest BCUT2D eigenvalue weighted by atomic mass is 9.78. The van der Waals surface area contributed by atoms with Crippen molar-refractivity contribution < 1.29 is 62.3 Å². The van der Waals surface area contributed by atoms with Crippen LogP contribution in [0.3, 0.4) is 0 Å². The predicted octanol–water partition coefficient (Wildman–Crippen LogP) is 7.17. The number of aliphatic hydroxyl groups is 3. The SMILES string of the molecule is [2H]C([2H])([2H])O[C@H]1C[C@@H]2CC[C@@H](C)[C@@](O)(O2)C(=O)C(=O)N2CCCC[C@H]2C(=O)O[C@H]([C@H](C)C[C@@H]2CC[C@@H](O)[C@H](OC)C2)CC(=O)[C@H](C)/C=C(\C)[C@@H](O)[C@@H](OC)C(=C)[C@H](C)C[C@H](C)/C=C/C=CC=C1C. The number of Topliss-reactive ketones (excluding diaryl/α,β-unsaturated/α-hetero) is 2. The molecule has 4 rings (SSSR count). The molecule has 2 saturated heterocycles. The number of hydrogen-bond acceptors (Lipinski definition) is 12. The summed E-state index contributed by atoms with van der Waals surface area (Å²) in [6.45, 7) is 17.1. The molecule has 3 heterocycles. The predicted molar refractivity (Wildman–Crippen MR) is 249 cm³/mol. The summed E-state index contributed by atoms with van der Waals surface area (Å²) in [6.07, 6.45) is 10.1. The van der Waals surface area contributed by atoms with Crippen LogP contribution >= 0.6 is 0 Å². The minimum Gasteiger partial charge on any atom is -0.460 e. The van der Waals surface area contributed by atoms with E-state index in [-0.39, 0.29) is 67.8 Å². The van der Waals surface area contributed by atoms with E-state index >= 15 is 0 Å². The van der Waals surface area contributed by atoms with Crippen LogP contribution < -0.4 is 0 Å². The van der Waals surface area contributed by atoms with E-state index in [1.165, 1.54) is 7.11 Å². The van der Waals surface area contributed by atoms with Gasteiger partial charge in [0.2, 0.25) is 5.79 Å². The molecule has 3 N–H and O–H groups in total. The molecule has 0 aromatic carbocycles. The standard InChI is InChI=1S/C52H81NO12/c1-31-17-13-12-14-18-32(2)44(61-9)29-40-22-20-37(7)52(60,65-40)49(57)50(58)53-24-16-15-19-41(53)51(59)64-45(35(5)27-39-21-23-42(54)46(28-39)62-10)30-43(55)34(4)26-36(6)47(56)48(63-11)38(8)33(3)25-31/h12-14,17-18,26,31,33-35,37,39-42,44-48,54,56,60H,8,15-16,19-25,27-30H2,1-7,9-11H3/b14-12?,17-13+,32-18?,36-26+/t31-,33-,34-,35-,37-,39+,40+,41+,42-,44+,45+,46-,47-,48+,52-/m1/s1/i9D3. The lowest BCUT2D eigenvalue weighted by Crippen LogP contribution is -2.61. The van der Waals surface area contributed by atoms with Crippen molar-refractivity contribution in [3.63, 3.8) is 0 Å². The number of fused-ring (bicyclic) bond motifs is 3. The van der Waals surface area contributed by atoms with E-state index in [0.29, 0.717) is 68.1 Å². The van der Waals surface area contributed by atoms with Gasteiger partial charge in [0.05, 0.1) is 28.5 Å². The number of cyclic esters (lactones) is 1. The van der Waals surface area contributed by atoms with Gasteiger partial charge in [-0.25, -0.2) is 4.79 Å². The third kappa shape index (κ3) is 14.4. The van der Waals surface area contributed by atoms with Gasteiger partial charge in [-0.15, -0.1) is 0 Å². The van der Waals surface area contributed by atoms with Gasteiger partial charge >= 0.3 is 5.97 Å². The fourth-order valence-corrected chi connectivity index (χ4v) is 10.1. The minimum atomic E-state index is -2.78. The molecule has 4 aliphatic rings. The van der Waals surface area contributed by atoms with Gasteiger partial charge in [0, 0.05) is 52.5 Å². The first-order valence-electron chi connectivity index (χ1n) is 25.4. The van der Waals surface area contributed by atoms with Gasteiger partial charge in [0.1, 0.15) is 30.1 Å². The minimum absolute atomic E-state index is 0.0327. The number of amides is 1. The van der Waals surface area contributed by atoms with Gasteiger partial charge < -0.3 is 43.9 Å². The fourth-order valence-electron chi connectivity index (χ4n) is 10.1. The van der Waals surface area contributed by atoms with Gasteiger partial charge in [-0.05, 0) is 118 Å². The fraction of sp³-hybridized carbons (Fsp3) is 0.731. The molecule has 366 valence electrons. The maximum absolute atomic E-state index is 14.4. The van der Waals surface area contributed by atoms with Crippen molar-refractivity contribution in [1.82, 2.24) is 4.90 Å². The Morgan fingerprint density at radius 2 is 1.66 bits per heavy atom. The molecule has 1 amide bonds. The zero-order valence-corrected chi connectivity index (χ0v) is 40.4. The summed E-state index contributed by atoms with van der Waals surface area (Å²) >= 11 is 0. The second-order valence-corrected chi connectivity index (χ2v) is 19.6. The van der Waals surface area contributed by atoms with Gasteiger partial charge in [-0.3, -0.25) is 14.4 Å². The average molecular weight is 915 g/mol. The summed E-state index contributed by atoms with van der Waals surface area (Å²) in [5, 5.41) is 34.1. The van der Waals surface area contributed by atoms with E-state index in [0.717, 1.165) is 4.90 Å². The van der Waals surface area contributed by atoms with E-state index in [2.05, 4.69) is 13.5 Å². The van der Waals surface area contributed by atoms with Gasteiger partial charge in [-0.2, -0.15) is 0 Å². The molecule has 3 aliphatic heterocycles. The topological polar surface area (TPSA) is 178 Å². The van der Waals surface area contributed by atoms with Crippen molar-refractivity contribution in [2.45, 2.75) is 180 Å². The molecule has 0 unspecified atom stereocenters. The molecule has 1 saturated carbocycles. The van der Waals surface area contributed by atoms with Crippen LogP contribution in [0.2, 0.25) is 0 Å². The average Bonchev–Trinajstić information content (AvgIpc) is 3.28. The Labute approximate surface area is 392 Å². The second kappa shape index (κ2) is 25.2. The number of piperidine rings is 1. The number of carbonyl (C=O) groups is 4. The molecular weight excluding hydrogens is 831 g/mol. The van der Waals surface area contributed by atoms with E-state index < -0.39 is 85.0 Å². The number of aliphatic hydroxyl groups excluding tert-OH is 2. The van der Waals surface area contributed by atoms with Crippen molar-refractivity contribution >= 4 is 23.4 Å². The van der Waals surface area contributed by atoms with Crippen LogP contribution in [0.25, 0.3) is 0 Å². The summed E-state index contributed by atoms with van der Waals surface area (Å²) in [6, 6.07) is -1.19. The Balaban J connectivity index is 1.73. The molecule has 0 aromatic rings. The molecule has 65 heavy (non-hydrogen) atoms. The molecule has 1 aliphatic carbocycles. The Bertz CT molecular complexity index is 1860. The van der Waals surface area contributed by atoms with E-state index in [4.69, 9.17) is 27.8 Å². The molecule has 0 spiro atoms. The molecule has 2 bridgehead atoms. The number of allylic oxidation sites excluding steroid dienone is 6. The largest absolute Gasteiger partial charge is 0.460 e. The highest BCUT2D eigenvalue weighted by atomic mass is 16.6. The van der Waals surface area contributed by atoms with Crippen molar-refractivity contribution in [3.05, 3.63) is 59.8 Å². The number of methoxy groups -OCH3 is 3. The molecule has 13 heteroatoms. The molecule has 3 fully saturated rings. The summed E-state index contributed by atoms with van der Waals surface area (Å²) in [5.74, 6) is -7.63. The number of nitrogens with zero attached hydrogens (tertiary/aromatic N) is 1. The Morgan fingerprint density at radius 1 is 0.923 bits per heavy atom. The van der Waals surface area contributed by atoms with Gasteiger partial charge in [0.25, 0.3) is 11.7 Å². The summed E-state index contributed by atoms with van der Waals surface area (Å²) in [5.41, 5.74) is 1.77. The number of ketones is 2. The lowest BCUT2D eigenvalue weighted by Gasteiger charge is -2.42. The first-order chi connectivity index (χ1) is 31.9. The molecule has 0 aromatic heterocycles. The van der Waals surface area contributed by atoms with E-state index in [9.17, 15) is 34.5 Å². The van der Waals surface area contributed by atoms with Crippen LogP contribution in [-0.4, -0.2) is 126 Å². The number of hydrogen-bond donors (Lipinski definition) is 3. The first-order valence-corrected chi connectivity index (χ1v) is 23.9. The molecule has 0 radical (unpaired) electrons. The highest BCUT2D eigenvalue weighted by molar-refractivity contribution is 6.39. The number of rotatable bonds is 6. The van der Waals surface area contributed by atoms with Crippen molar-refractivity contribution in [3.8, 4) is 0 Å². The Kier molecular flexibility index (Phi) is 19.2. The quantitative estimate of drug-likeness (QED) is 0.139. The lowest BCUT2D eigenvalue weighted by molar-refractivity contribution is -0.265. The van der Waals surface area contributed by atoms with E-state index in [1.807, 2.05) is 32.1 Å². The molecule has 13 nitrogen and oxygen atoms in total. The second-order valence-electron chi connectivity index (χ2n) is 19.6. The first kappa shape index (κ1) is 49.6. The number of esters is 1. The maximum Gasteiger partial charge on any atom is 0.329 e. The Hall–Kier alpha value is -3.30. The van der Waals surface area contributed by atoms with Crippen molar-refractivity contribution in [1.29, 1.82) is 0 Å². The number of ether oxygens (including phenoxy) is 5. The van der Waals surface area contributed by atoms with Crippen LogP contribution in [0, 0.1) is 35.5 Å². The van der Waals surface area contributed by atoms with E-state index in [1.54, 1.807) is 53.0 Å². The zero-order chi connectivity index (χ0) is 50.7. The third-order valence-electron chi connectivity index (χ3n) is 14.6. The highest BCUT2D eigenvalue weighted by Gasteiger charge is 2.53. The van der Waals surface area contributed by atoms with Crippen LogP contribution in [-0.2, 0) is 42.9 Å². The molecular formula is C52H81NO12.